The van der Waals surface area contributed by atoms with Crippen LogP contribution in [0.2, 0.25) is 0 Å². The van der Waals surface area contributed by atoms with E-state index in [2.05, 4.69) is 29.5 Å². The van der Waals surface area contributed by atoms with Crippen molar-refractivity contribution in [3.05, 3.63) is 60.7 Å². The first kappa shape index (κ1) is 18.7. The summed E-state index contributed by atoms with van der Waals surface area (Å²) in [6.07, 6.45) is 0.995. The monoisotopic (exact) mass is 362 g/mol. The second-order valence-electron chi connectivity index (χ2n) is 6.34. The van der Waals surface area contributed by atoms with Gasteiger partial charge in [0.05, 0.1) is 18.0 Å². The molecule has 0 saturated carbocycles. The summed E-state index contributed by atoms with van der Waals surface area (Å²) in [4.78, 5) is 9.35. The van der Waals surface area contributed by atoms with Crippen LogP contribution in [0.5, 0.6) is 5.75 Å². The molecule has 1 unspecified atom stereocenters. The lowest BCUT2D eigenvalue weighted by atomic mass is 10.1. The first-order valence-corrected chi connectivity index (χ1v) is 9.39. The minimum absolute atomic E-state index is 0.291. The second kappa shape index (κ2) is 9.03. The predicted molar refractivity (Wildman–Crippen MR) is 112 cm³/mol. The highest BCUT2D eigenvalue weighted by atomic mass is 16.5. The number of rotatable bonds is 8. The third-order valence-electron chi connectivity index (χ3n) is 4.23. The highest BCUT2D eigenvalue weighted by Gasteiger charge is 2.10. The van der Waals surface area contributed by atoms with Gasteiger partial charge in [0.15, 0.2) is 0 Å². The van der Waals surface area contributed by atoms with E-state index in [-0.39, 0.29) is 0 Å². The maximum absolute atomic E-state index is 5.71. The molecular weight excluding hydrogens is 336 g/mol. The summed E-state index contributed by atoms with van der Waals surface area (Å²) in [5.74, 6) is 2.14. The van der Waals surface area contributed by atoms with Gasteiger partial charge in [-0.05, 0) is 32.4 Å². The fourth-order valence-corrected chi connectivity index (χ4v) is 2.64. The molecule has 2 N–H and O–H groups in total. The molecule has 0 fully saturated rings. The maximum Gasteiger partial charge on any atom is 0.225 e. The van der Waals surface area contributed by atoms with E-state index in [0.29, 0.717) is 18.6 Å². The van der Waals surface area contributed by atoms with Gasteiger partial charge >= 0.3 is 0 Å². The smallest absolute Gasteiger partial charge is 0.225 e. The van der Waals surface area contributed by atoms with Crippen LogP contribution in [0.25, 0.3) is 11.3 Å². The molecule has 5 heteroatoms. The largest absolute Gasteiger partial charge is 0.492 e. The van der Waals surface area contributed by atoms with Gasteiger partial charge in [0, 0.05) is 17.7 Å². The Bertz CT molecular complexity index is 867. The van der Waals surface area contributed by atoms with Crippen molar-refractivity contribution in [2.75, 3.05) is 17.2 Å². The lowest BCUT2D eigenvalue weighted by molar-refractivity contribution is 0.342. The average Bonchev–Trinajstić information content (AvgIpc) is 2.70. The highest BCUT2D eigenvalue weighted by molar-refractivity contribution is 5.69. The molecule has 0 spiro atoms. The number of aromatic nitrogens is 2. The van der Waals surface area contributed by atoms with Crippen molar-refractivity contribution >= 4 is 17.5 Å². The van der Waals surface area contributed by atoms with E-state index >= 15 is 0 Å². The van der Waals surface area contributed by atoms with Gasteiger partial charge in [0.2, 0.25) is 5.95 Å². The third-order valence-corrected chi connectivity index (χ3v) is 4.23. The molecule has 0 aliphatic rings. The lowest BCUT2D eigenvalue weighted by Gasteiger charge is -2.16. The minimum Gasteiger partial charge on any atom is -0.492 e. The normalized spacial score (nSPS) is 11.7. The van der Waals surface area contributed by atoms with E-state index in [0.717, 1.165) is 34.9 Å². The topological polar surface area (TPSA) is 59.1 Å². The van der Waals surface area contributed by atoms with Crippen molar-refractivity contribution in [3.63, 3.8) is 0 Å². The standard InChI is InChI=1S/C22H26N4O/c1-4-16(3)23-22-25-19(17-11-7-6-8-12-17)15-21(26-22)24-18-13-9-10-14-20(18)27-5-2/h6-16H,4-5H2,1-3H3,(H2,23,24,25,26). The quantitative estimate of drug-likeness (QED) is 0.554. The van der Waals surface area contributed by atoms with Gasteiger partial charge in [-0.1, -0.05) is 49.4 Å². The van der Waals surface area contributed by atoms with Crippen molar-refractivity contribution in [3.8, 4) is 17.0 Å². The van der Waals surface area contributed by atoms with E-state index in [4.69, 9.17) is 9.72 Å². The molecule has 2 aromatic carbocycles. The molecule has 1 heterocycles. The number of ether oxygens (including phenoxy) is 1. The van der Waals surface area contributed by atoms with E-state index in [1.54, 1.807) is 0 Å². The van der Waals surface area contributed by atoms with Crippen LogP contribution in [0.15, 0.2) is 60.7 Å². The van der Waals surface area contributed by atoms with Crippen molar-refractivity contribution in [2.45, 2.75) is 33.2 Å². The predicted octanol–water partition coefficient (Wildman–Crippen LogP) is 5.50. The maximum atomic E-state index is 5.71. The van der Waals surface area contributed by atoms with E-state index < -0.39 is 0 Å². The molecule has 27 heavy (non-hydrogen) atoms. The molecule has 0 amide bonds. The van der Waals surface area contributed by atoms with Gasteiger partial charge in [-0.2, -0.15) is 4.98 Å². The van der Waals surface area contributed by atoms with Crippen molar-refractivity contribution in [1.82, 2.24) is 9.97 Å². The summed E-state index contributed by atoms with van der Waals surface area (Å²) >= 11 is 0. The first-order valence-electron chi connectivity index (χ1n) is 9.39. The zero-order valence-corrected chi connectivity index (χ0v) is 16.1. The molecule has 140 valence electrons. The molecule has 5 nitrogen and oxygen atoms in total. The van der Waals surface area contributed by atoms with Gasteiger partial charge in [-0.15, -0.1) is 0 Å². The summed E-state index contributed by atoms with van der Waals surface area (Å²) in [6, 6.07) is 20.2. The molecular formula is C22H26N4O. The van der Waals surface area contributed by atoms with Crippen LogP contribution in [0, 0.1) is 0 Å². The Kier molecular flexibility index (Phi) is 6.26. The number of hydrogen-bond acceptors (Lipinski definition) is 5. The Morgan fingerprint density at radius 1 is 0.963 bits per heavy atom. The molecule has 0 radical (unpaired) electrons. The number of para-hydroxylation sites is 2. The van der Waals surface area contributed by atoms with Gasteiger partial charge < -0.3 is 15.4 Å². The third kappa shape index (κ3) is 4.97. The number of anilines is 3. The zero-order chi connectivity index (χ0) is 19.1. The van der Waals surface area contributed by atoms with Gasteiger partial charge in [0.25, 0.3) is 0 Å². The van der Waals surface area contributed by atoms with Crippen LogP contribution in [-0.2, 0) is 0 Å². The van der Waals surface area contributed by atoms with Crippen LogP contribution < -0.4 is 15.4 Å². The van der Waals surface area contributed by atoms with Crippen molar-refractivity contribution < 1.29 is 4.74 Å². The van der Waals surface area contributed by atoms with Gasteiger partial charge in [0.1, 0.15) is 11.6 Å². The number of hydrogen-bond donors (Lipinski definition) is 2. The Hall–Kier alpha value is -3.08. The van der Waals surface area contributed by atoms with Crippen LogP contribution in [-0.4, -0.2) is 22.6 Å². The fraction of sp³-hybridized carbons (Fsp3) is 0.273. The summed E-state index contributed by atoms with van der Waals surface area (Å²) < 4.78 is 5.71. The van der Waals surface area contributed by atoms with Crippen LogP contribution in [0.3, 0.4) is 0 Å². The van der Waals surface area contributed by atoms with E-state index in [9.17, 15) is 0 Å². The molecule has 1 aromatic heterocycles. The van der Waals surface area contributed by atoms with Gasteiger partial charge in [-0.25, -0.2) is 4.98 Å². The Morgan fingerprint density at radius 2 is 1.70 bits per heavy atom. The molecule has 1 atom stereocenters. The Morgan fingerprint density at radius 3 is 2.44 bits per heavy atom. The van der Waals surface area contributed by atoms with E-state index in [1.165, 1.54) is 0 Å². The van der Waals surface area contributed by atoms with Gasteiger partial charge in [-0.3, -0.25) is 0 Å². The molecule has 0 saturated heterocycles. The van der Waals surface area contributed by atoms with E-state index in [1.807, 2.05) is 67.6 Å². The summed E-state index contributed by atoms with van der Waals surface area (Å²) in [5, 5.41) is 6.76. The molecule has 0 bridgehead atoms. The molecule has 0 aliphatic carbocycles. The Balaban J connectivity index is 1.97. The summed E-state index contributed by atoms with van der Waals surface area (Å²) in [7, 11) is 0. The lowest BCUT2D eigenvalue weighted by Crippen LogP contribution is -2.16. The number of nitrogens with zero attached hydrogens (tertiary/aromatic N) is 2. The molecule has 3 aromatic rings. The number of benzene rings is 2. The van der Waals surface area contributed by atoms with Crippen LogP contribution in [0.1, 0.15) is 27.2 Å². The molecule has 3 rings (SSSR count). The zero-order valence-electron chi connectivity index (χ0n) is 16.1. The summed E-state index contributed by atoms with van der Waals surface area (Å²) in [5.41, 5.74) is 2.80. The molecule has 0 aliphatic heterocycles. The van der Waals surface area contributed by atoms with Crippen molar-refractivity contribution in [1.29, 1.82) is 0 Å². The highest BCUT2D eigenvalue weighted by Crippen LogP contribution is 2.29. The van der Waals surface area contributed by atoms with Crippen LogP contribution >= 0.6 is 0 Å². The first-order chi connectivity index (χ1) is 13.2. The number of nitrogens with one attached hydrogen (secondary N) is 2. The Labute approximate surface area is 160 Å². The second-order valence-corrected chi connectivity index (χ2v) is 6.34. The van der Waals surface area contributed by atoms with Crippen molar-refractivity contribution in [2.24, 2.45) is 0 Å². The SMILES string of the molecule is CCOc1ccccc1Nc1cc(-c2ccccc2)nc(NC(C)CC)n1. The fourth-order valence-electron chi connectivity index (χ4n) is 2.64. The average molecular weight is 362 g/mol. The van der Waals surface area contributed by atoms with Crippen LogP contribution in [0.4, 0.5) is 17.5 Å². The summed E-state index contributed by atoms with van der Waals surface area (Å²) in [6.45, 7) is 6.84. The minimum atomic E-state index is 0.291.